The van der Waals surface area contributed by atoms with Crippen molar-refractivity contribution in [2.75, 3.05) is 19.5 Å². The van der Waals surface area contributed by atoms with E-state index >= 15 is 0 Å². The van der Waals surface area contributed by atoms with E-state index in [9.17, 15) is 9.59 Å². The number of carboxylic acid groups (broad SMARTS) is 1. The summed E-state index contributed by atoms with van der Waals surface area (Å²) in [7, 11) is 3.09. The molecule has 0 radical (unpaired) electrons. The lowest BCUT2D eigenvalue weighted by Gasteiger charge is -2.12. The molecule has 0 spiro atoms. The van der Waals surface area contributed by atoms with Crippen molar-refractivity contribution in [1.82, 2.24) is 4.98 Å². The lowest BCUT2D eigenvalue weighted by atomic mass is 10.1. The standard InChI is InChI=1S/C20H18N2O5/c1-26-14-10-16-15(17(11-14)27-2)7-8-21-19(16)20(25)22-13-5-3-12(4-6-13)9-18(23)24/h3-8,10-11H,9H2,1-2H3,(H,22,25)(H,23,24). The predicted octanol–water partition coefficient (Wildman–Crippen LogP) is 3.13. The number of fused-ring (bicyclic) bond motifs is 1. The highest BCUT2D eigenvalue weighted by molar-refractivity contribution is 6.12. The Hall–Kier alpha value is -3.61. The van der Waals surface area contributed by atoms with E-state index in [1.54, 1.807) is 55.8 Å². The fraction of sp³-hybridized carbons (Fsp3) is 0.150. The minimum absolute atomic E-state index is 0.0707. The molecule has 27 heavy (non-hydrogen) atoms. The summed E-state index contributed by atoms with van der Waals surface area (Å²) < 4.78 is 10.7. The number of pyridine rings is 1. The molecule has 0 saturated heterocycles. The number of benzene rings is 2. The van der Waals surface area contributed by atoms with Gasteiger partial charge in [-0.3, -0.25) is 14.6 Å². The number of ether oxygens (including phenoxy) is 2. The van der Waals surface area contributed by atoms with Crippen LogP contribution in [0.5, 0.6) is 11.5 Å². The quantitative estimate of drug-likeness (QED) is 0.696. The molecule has 138 valence electrons. The molecule has 2 aromatic carbocycles. The van der Waals surface area contributed by atoms with E-state index in [-0.39, 0.29) is 18.0 Å². The number of carbonyl (C=O) groups is 2. The molecule has 2 N–H and O–H groups in total. The molecule has 1 heterocycles. The lowest BCUT2D eigenvalue weighted by molar-refractivity contribution is -0.136. The first-order valence-electron chi connectivity index (χ1n) is 8.14. The molecular weight excluding hydrogens is 348 g/mol. The number of nitrogens with one attached hydrogen (secondary N) is 1. The van der Waals surface area contributed by atoms with Crippen LogP contribution in [0, 0.1) is 0 Å². The van der Waals surface area contributed by atoms with E-state index in [0.717, 1.165) is 5.39 Å². The van der Waals surface area contributed by atoms with Gasteiger partial charge in [0.2, 0.25) is 0 Å². The number of carbonyl (C=O) groups excluding carboxylic acids is 1. The average Bonchev–Trinajstić information content (AvgIpc) is 2.67. The zero-order chi connectivity index (χ0) is 19.4. The summed E-state index contributed by atoms with van der Waals surface area (Å²) in [5, 5.41) is 12.9. The van der Waals surface area contributed by atoms with Gasteiger partial charge in [-0.05, 0) is 29.8 Å². The molecule has 0 unspecified atom stereocenters. The molecular formula is C20H18N2O5. The average molecular weight is 366 g/mol. The largest absolute Gasteiger partial charge is 0.497 e. The maximum atomic E-state index is 12.7. The number of nitrogens with zero attached hydrogens (tertiary/aromatic N) is 1. The third kappa shape index (κ3) is 3.98. The van der Waals surface area contributed by atoms with Crippen molar-refractivity contribution in [2.45, 2.75) is 6.42 Å². The second kappa shape index (κ2) is 7.74. The summed E-state index contributed by atoms with van der Waals surface area (Å²) >= 11 is 0. The molecule has 3 rings (SSSR count). The molecule has 1 amide bonds. The van der Waals surface area contributed by atoms with Gasteiger partial charge in [0.15, 0.2) is 0 Å². The number of methoxy groups -OCH3 is 2. The number of carboxylic acids is 1. The van der Waals surface area contributed by atoms with Crippen LogP contribution in [0.2, 0.25) is 0 Å². The Morgan fingerprint density at radius 2 is 1.78 bits per heavy atom. The Balaban J connectivity index is 1.92. The Morgan fingerprint density at radius 3 is 2.41 bits per heavy atom. The molecule has 3 aromatic rings. The number of hydrogen-bond acceptors (Lipinski definition) is 5. The van der Waals surface area contributed by atoms with Gasteiger partial charge in [-0.25, -0.2) is 0 Å². The van der Waals surface area contributed by atoms with Gasteiger partial charge in [0.1, 0.15) is 17.2 Å². The Labute approximate surface area is 155 Å². The molecule has 0 bridgehead atoms. The van der Waals surface area contributed by atoms with Crippen molar-refractivity contribution >= 4 is 28.3 Å². The highest BCUT2D eigenvalue weighted by Gasteiger charge is 2.16. The summed E-state index contributed by atoms with van der Waals surface area (Å²) in [6.07, 6.45) is 1.47. The maximum absolute atomic E-state index is 12.7. The van der Waals surface area contributed by atoms with Crippen LogP contribution in [-0.2, 0) is 11.2 Å². The third-order valence-corrected chi connectivity index (χ3v) is 4.05. The van der Waals surface area contributed by atoms with Crippen LogP contribution in [0.1, 0.15) is 16.1 Å². The van der Waals surface area contributed by atoms with Gasteiger partial charge in [0, 0.05) is 28.7 Å². The first kappa shape index (κ1) is 18.2. The number of anilines is 1. The molecule has 1 aromatic heterocycles. The molecule has 7 nitrogen and oxygen atoms in total. The van der Waals surface area contributed by atoms with Crippen LogP contribution in [0.3, 0.4) is 0 Å². The van der Waals surface area contributed by atoms with Crippen LogP contribution in [0.15, 0.2) is 48.7 Å². The van der Waals surface area contributed by atoms with Gasteiger partial charge < -0.3 is 19.9 Å². The van der Waals surface area contributed by atoms with E-state index in [1.807, 2.05) is 0 Å². The first-order chi connectivity index (χ1) is 13.0. The second-order valence-corrected chi connectivity index (χ2v) is 5.81. The molecule has 7 heteroatoms. The van der Waals surface area contributed by atoms with E-state index < -0.39 is 5.97 Å². The normalized spacial score (nSPS) is 10.4. The zero-order valence-electron chi connectivity index (χ0n) is 14.9. The number of aromatic nitrogens is 1. The second-order valence-electron chi connectivity index (χ2n) is 5.81. The summed E-state index contributed by atoms with van der Waals surface area (Å²) in [5.41, 5.74) is 1.43. The summed E-state index contributed by atoms with van der Waals surface area (Å²) in [5.74, 6) is -0.158. The van der Waals surface area contributed by atoms with Gasteiger partial charge >= 0.3 is 5.97 Å². The van der Waals surface area contributed by atoms with Crippen molar-refractivity contribution in [3.05, 3.63) is 59.9 Å². The summed E-state index contributed by atoms with van der Waals surface area (Å²) in [6.45, 7) is 0. The van der Waals surface area contributed by atoms with Crippen molar-refractivity contribution in [1.29, 1.82) is 0 Å². The van der Waals surface area contributed by atoms with Gasteiger partial charge in [-0.15, -0.1) is 0 Å². The molecule has 0 fully saturated rings. The van der Waals surface area contributed by atoms with Crippen LogP contribution in [0.4, 0.5) is 5.69 Å². The van der Waals surface area contributed by atoms with Crippen molar-refractivity contribution in [3.63, 3.8) is 0 Å². The minimum atomic E-state index is -0.908. The summed E-state index contributed by atoms with van der Waals surface area (Å²) in [6, 6.07) is 11.9. The van der Waals surface area contributed by atoms with Crippen LogP contribution in [-0.4, -0.2) is 36.2 Å². The molecule has 0 aliphatic heterocycles. The van der Waals surface area contributed by atoms with Gasteiger partial charge in [-0.2, -0.15) is 0 Å². The minimum Gasteiger partial charge on any atom is -0.497 e. The monoisotopic (exact) mass is 366 g/mol. The smallest absolute Gasteiger partial charge is 0.307 e. The van der Waals surface area contributed by atoms with E-state index in [4.69, 9.17) is 14.6 Å². The first-order valence-corrected chi connectivity index (χ1v) is 8.14. The van der Waals surface area contributed by atoms with Crippen LogP contribution in [0.25, 0.3) is 10.8 Å². The molecule has 0 aliphatic rings. The maximum Gasteiger partial charge on any atom is 0.307 e. The van der Waals surface area contributed by atoms with Crippen LogP contribution < -0.4 is 14.8 Å². The van der Waals surface area contributed by atoms with E-state index in [2.05, 4.69) is 10.3 Å². The SMILES string of the molecule is COc1cc(OC)c2ccnc(C(=O)Nc3ccc(CC(=O)O)cc3)c2c1. The molecule has 0 aliphatic carbocycles. The Morgan fingerprint density at radius 1 is 1.04 bits per heavy atom. The van der Waals surface area contributed by atoms with Gasteiger partial charge in [-0.1, -0.05) is 12.1 Å². The lowest BCUT2D eigenvalue weighted by Crippen LogP contribution is -2.14. The van der Waals surface area contributed by atoms with E-state index in [0.29, 0.717) is 28.1 Å². The number of aliphatic carboxylic acids is 1. The van der Waals surface area contributed by atoms with Gasteiger partial charge in [0.25, 0.3) is 5.91 Å². The highest BCUT2D eigenvalue weighted by atomic mass is 16.5. The van der Waals surface area contributed by atoms with Gasteiger partial charge in [0.05, 0.1) is 20.6 Å². The molecule has 0 atom stereocenters. The summed E-state index contributed by atoms with van der Waals surface area (Å²) in [4.78, 5) is 27.7. The predicted molar refractivity (Wildman–Crippen MR) is 101 cm³/mol. The number of amides is 1. The molecule has 0 saturated carbocycles. The highest BCUT2D eigenvalue weighted by Crippen LogP contribution is 2.32. The van der Waals surface area contributed by atoms with Crippen molar-refractivity contribution in [3.8, 4) is 11.5 Å². The topological polar surface area (TPSA) is 97.8 Å². The van der Waals surface area contributed by atoms with Crippen LogP contribution >= 0.6 is 0 Å². The number of rotatable bonds is 6. The number of hydrogen-bond donors (Lipinski definition) is 2. The zero-order valence-corrected chi connectivity index (χ0v) is 14.9. The van der Waals surface area contributed by atoms with Crippen molar-refractivity contribution in [2.24, 2.45) is 0 Å². The van der Waals surface area contributed by atoms with Crippen molar-refractivity contribution < 1.29 is 24.2 Å². The Bertz CT molecular complexity index is 999. The Kier molecular flexibility index (Phi) is 5.21. The fourth-order valence-electron chi connectivity index (χ4n) is 2.76. The fourth-order valence-corrected chi connectivity index (χ4v) is 2.76. The third-order valence-electron chi connectivity index (χ3n) is 4.05. The van der Waals surface area contributed by atoms with E-state index in [1.165, 1.54) is 7.11 Å².